The largest absolute Gasteiger partial charge is 0.320 e. The van der Waals surface area contributed by atoms with E-state index < -0.39 is 0 Å². The summed E-state index contributed by atoms with van der Waals surface area (Å²) < 4.78 is 13.1. The molecule has 0 aliphatic rings. The van der Waals surface area contributed by atoms with Gasteiger partial charge in [0.05, 0.1) is 0 Å². The van der Waals surface area contributed by atoms with Gasteiger partial charge in [-0.1, -0.05) is 13.0 Å². The van der Waals surface area contributed by atoms with Crippen molar-refractivity contribution >= 4 is 0 Å². The molecule has 0 aliphatic heterocycles. The number of nitrogens with one attached hydrogen (secondary N) is 1. The Morgan fingerprint density at radius 1 is 1.36 bits per heavy atom. The Balaban J connectivity index is 2.73. The molecular weight excluding hydrogens is 177 g/mol. The maximum absolute atomic E-state index is 13.1. The quantitative estimate of drug-likeness (QED) is 0.779. The van der Waals surface area contributed by atoms with Crippen molar-refractivity contribution in [1.29, 1.82) is 0 Å². The van der Waals surface area contributed by atoms with Crippen molar-refractivity contribution < 1.29 is 4.39 Å². The fourth-order valence-corrected chi connectivity index (χ4v) is 1.58. The van der Waals surface area contributed by atoms with Crippen LogP contribution in [0.15, 0.2) is 18.2 Å². The van der Waals surface area contributed by atoms with Crippen LogP contribution in [-0.4, -0.2) is 13.6 Å². The number of rotatable bonds is 4. The molecule has 1 N–H and O–H groups in total. The average Bonchev–Trinajstić information content (AvgIpc) is 2.12. The summed E-state index contributed by atoms with van der Waals surface area (Å²) in [6.07, 6.45) is 1.04. The fourth-order valence-electron chi connectivity index (χ4n) is 1.58. The molecular formula is C12H18FN. The second kappa shape index (κ2) is 5.11. The van der Waals surface area contributed by atoms with E-state index in [1.54, 1.807) is 12.1 Å². The van der Waals surface area contributed by atoms with Crippen molar-refractivity contribution in [1.82, 2.24) is 5.32 Å². The third-order valence-corrected chi connectivity index (χ3v) is 2.46. The molecule has 0 saturated carbocycles. The van der Waals surface area contributed by atoms with Gasteiger partial charge >= 0.3 is 0 Å². The van der Waals surface area contributed by atoms with Gasteiger partial charge in [-0.15, -0.1) is 0 Å². The molecule has 1 aromatic rings. The minimum Gasteiger partial charge on any atom is -0.320 e. The third kappa shape index (κ3) is 3.11. The Labute approximate surface area is 85.3 Å². The van der Waals surface area contributed by atoms with Crippen LogP contribution in [0.4, 0.5) is 4.39 Å². The van der Waals surface area contributed by atoms with Gasteiger partial charge in [-0.05, 0) is 56.1 Å². The molecule has 0 saturated heterocycles. The summed E-state index contributed by atoms with van der Waals surface area (Å²) in [5.74, 6) is 0.285. The Kier molecular flexibility index (Phi) is 4.08. The van der Waals surface area contributed by atoms with Crippen LogP contribution in [0, 0.1) is 12.7 Å². The minimum atomic E-state index is -0.128. The average molecular weight is 195 g/mol. The Morgan fingerprint density at radius 3 is 2.64 bits per heavy atom. The molecule has 2 heteroatoms. The van der Waals surface area contributed by atoms with E-state index in [4.69, 9.17) is 0 Å². The van der Waals surface area contributed by atoms with Gasteiger partial charge in [-0.3, -0.25) is 0 Å². The van der Waals surface area contributed by atoms with Crippen LogP contribution in [0.25, 0.3) is 0 Å². The highest BCUT2D eigenvalue weighted by molar-refractivity contribution is 5.26. The molecule has 0 aliphatic carbocycles. The standard InChI is InChI=1S/C12H18FN/c1-9-6-11(8-12(13)7-9)10(2)4-5-14-3/h6-8,10,14H,4-5H2,1-3H3. The molecule has 78 valence electrons. The maximum atomic E-state index is 13.1. The molecule has 1 nitrogen and oxygen atoms in total. The van der Waals surface area contributed by atoms with Gasteiger partial charge in [0.25, 0.3) is 0 Å². The van der Waals surface area contributed by atoms with Gasteiger partial charge in [0.1, 0.15) is 5.82 Å². The summed E-state index contributed by atoms with van der Waals surface area (Å²) in [5.41, 5.74) is 2.09. The van der Waals surface area contributed by atoms with E-state index in [0.29, 0.717) is 5.92 Å². The van der Waals surface area contributed by atoms with Gasteiger partial charge in [-0.25, -0.2) is 4.39 Å². The van der Waals surface area contributed by atoms with Crippen molar-refractivity contribution in [3.05, 3.63) is 35.1 Å². The van der Waals surface area contributed by atoms with E-state index in [0.717, 1.165) is 24.1 Å². The smallest absolute Gasteiger partial charge is 0.123 e. The monoisotopic (exact) mass is 195 g/mol. The summed E-state index contributed by atoms with van der Waals surface area (Å²) in [4.78, 5) is 0. The zero-order valence-electron chi connectivity index (χ0n) is 9.10. The van der Waals surface area contributed by atoms with Crippen LogP contribution in [0.3, 0.4) is 0 Å². The SMILES string of the molecule is CNCCC(C)c1cc(C)cc(F)c1. The van der Waals surface area contributed by atoms with E-state index in [9.17, 15) is 4.39 Å². The molecule has 1 unspecified atom stereocenters. The van der Waals surface area contributed by atoms with Gasteiger partial charge in [0, 0.05) is 0 Å². The van der Waals surface area contributed by atoms with E-state index >= 15 is 0 Å². The highest BCUT2D eigenvalue weighted by atomic mass is 19.1. The number of benzene rings is 1. The summed E-state index contributed by atoms with van der Waals surface area (Å²) in [6, 6.07) is 5.25. The van der Waals surface area contributed by atoms with Crippen molar-refractivity contribution in [3.63, 3.8) is 0 Å². The Bertz CT molecular complexity index is 276. The number of hydrogen-bond donors (Lipinski definition) is 1. The topological polar surface area (TPSA) is 12.0 Å². The zero-order chi connectivity index (χ0) is 10.6. The van der Waals surface area contributed by atoms with Gasteiger partial charge in [-0.2, -0.15) is 0 Å². The maximum Gasteiger partial charge on any atom is 0.123 e. The molecule has 1 atom stereocenters. The van der Waals surface area contributed by atoms with Crippen LogP contribution < -0.4 is 5.32 Å². The Morgan fingerprint density at radius 2 is 2.07 bits per heavy atom. The molecule has 0 fully saturated rings. The molecule has 0 spiro atoms. The first-order valence-electron chi connectivity index (χ1n) is 5.05. The van der Waals surface area contributed by atoms with Gasteiger partial charge < -0.3 is 5.32 Å². The second-order valence-electron chi connectivity index (χ2n) is 3.86. The Hall–Kier alpha value is -0.890. The molecule has 0 aromatic heterocycles. The fraction of sp³-hybridized carbons (Fsp3) is 0.500. The lowest BCUT2D eigenvalue weighted by molar-refractivity contribution is 0.606. The first-order chi connectivity index (χ1) is 6.63. The van der Waals surface area contributed by atoms with Crippen molar-refractivity contribution in [2.45, 2.75) is 26.2 Å². The summed E-state index contributed by atoms with van der Waals surface area (Å²) in [7, 11) is 1.93. The van der Waals surface area contributed by atoms with E-state index in [1.807, 2.05) is 14.0 Å². The summed E-state index contributed by atoms with van der Waals surface area (Å²) in [5, 5.41) is 3.10. The molecule has 0 heterocycles. The summed E-state index contributed by atoms with van der Waals surface area (Å²) in [6.45, 7) is 5.03. The molecule has 0 amide bonds. The van der Waals surface area contributed by atoms with E-state index in [2.05, 4.69) is 18.3 Å². The van der Waals surface area contributed by atoms with Crippen LogP contribution in [-0.2, 0) is 0 Å². The number of hydrogen-bond acceptors (Lipinski definition) is 1. The highest BCUT2D eigenvalue weighted by Gasteiger charge is 2.06. The lowest BCUT2D eigenvalue weighted by Gasteiger charge is -2.12. The lowest BCUT2D eigenvalue weighted by atomic mass is 9.96. The first kappa shape index (κ1) is 11.2. The van der Waals surface area contributed by atoms with Gasteiger partial charge in [0.15, 0.2) is 0 Å². The number of aryl methyl sites for hydroxylation is 1. The van der Waals surface area contributed by atoms with Gasteiger partial charge in [0.2, 0.25) is 0 Å². The van der Waals surface area contributed by atoms with Crippen LogP contribution in [0.1, 0.15) is 30.4 Å². The van der Waals surface area contributed by atoms with Crippen LogP contribution >= 0.6 is 0 Å². The van der Waals surface area contributed by atoms with Crippen molar-refractivity contribution in [2.24, 2.45) is 0 Å². The predicted molar refractivity (Wildman–Crippen MR) is 58.1 cm³/mol. The molecule has 14 heavy (non-hydrogen) atoms. The first-order valence-corrected chi connectivity index (χ1v) is 5.05. The van der Waals surface area contributed by atoms with E-state index in [-0.39, 0.29) is 5.82 Å². The van der Waals surface area contributed by atoms with Crippen LogP contribution in [0.5, 0.6) is 0 Å². The van der Waals surface area contributed by atoms with E-state index in [1.165, 1.54) is 0 Å². The molecule has 1 rings (SSSR count). The molecule has 0 radical (unpaired) electrons. The predicted octanol–water partition coefficient (Wildman–Crippen LogP) is 2.85. The summed E-state index contributed by atoms with van der Waals surface area (Å²) >= 11 is 0. The van der Waals surface area contributed by atoms with Crippen LogP contribution in [0.2, 0.25) is 0 Å². The third-order valence-electron chi connectivity index (χ3n) is 2.46. The normalized spacial score (nSPS) is 12.9. The zero-order valence-corrected chi connectivity index (χ0v) is 9.10. The van der Waals surface area contributed by atoms with Crippen molar-refractivity contribution in [2.75, 3.05) is 13.6 Å². The highest BCUT2D eigenvalue weighted by Crippen LogP contribution is 2.20. The molecule has 1 aromatic carbocycles. The number of halogens is 1. The lowest BCUT2D eigenvalue weighted by Crippen LogP contribution is -2.10. The second-order valence-corrected chi connectivity index (χ2v) is 3.86. The van der Waals surface area contributed by atoms with Crippen molar-refractivity contribution in [3.8, 4) is 0 Å². The molecule has 0 bridgehead atoms. The minimum absolute atomic E-state index is 0.128.